The van der Waals surface area contributed by atoms with Gasteiger partial charge in [-0.2, -0.15) is 4.37 Å². The Kier molecular flexibility index (Phi) is 4.37. The molecule has 0 aliphatic rings. The molecular weight excluding hydrogens is 262 g/mol. The summed E-state index contributed by atoms with van der Waals surface area (Å²) in [5, 5.41) is 0.278. The van der Waals surface area contributed by atoms with Crippen LogP contribution in [0.4, 0.5) is 0 Å². The van der Waals surface area contributed by atoms with E-state index >= 15 is 0 Å². The van der Waals surface area contributed by atoms with Gasteiger partial charge in [0.05, 0.1) is 0 Å². The zero-order valence-corrected chi connectivity index (χ0v) is 12.4. The van der Waals surface area contributed by atoms with E-state index in [9.17, 15) is 0 Å². The van der Waals surface area contributed by atoms with Crippen LogP contribution in [0, 0.1) is 13.8 Å². The lowest BCUT2D eigenvalue weighted by atomic mass is 10.0. The van der Waals surface area contributed by atoms with E-state index in [4.69, 9.17) is 5.73 Å². The summed E-state index contributed by atoms with van der Waals surface area (Å²) in [4.78, 5) is 4.36. The molecule has 1 aromatic carbocycles. The number of aryl methyl sites for hydroxylation is 2. The molecule has 0 bridgehead atoms. The highest BCUT2D eigenvalue weighted by atomic mass is 32.2. The minimum Gasteiger partial charge on any atom is -0.323 e. The first kappa shape index (κ1) is 13.5. The molecule has 0 spiro atoms. The Hall–Kier alpha value is -0.910. The molecule has 2 rings (SSSR count). The molecule has 1 heterocycles. The van der Waals surface area contributed by atoms with Crippen molar-refractivity contribution in [3.05, 3.63) is 41.2 Å². The zero-order valence-electron chi connectivity index (χ0n) is 10.8. The summed E-state index contributed by atoms with van der Waals surface area (Å²) in [6, 6.07) is 8.41. The first-order valence-electron chi connectivity index (χ1n) is 5.85. The minimum absolute atomic E-state index is 0.0137. The van der Waals surface area contributed by atoms with Crippen LogP contribution in [0.15, 0.2) is 28.6 Å². The molecule has 0 aliphatic heterocycles. The predicted octanol–water partition coefficient (Wildman–Crippen LogP) is 3.34. The second-order valence-electron chi connectivity index (χ2n) is 4.37. The second-order valence-corrected chi connectivity index (χ2v) is 6.74. The second kappa shape index (κ2) is 5.82. The summed E-state index contributed by atoms with van der Waals surface area (Å²) in [5.74, 6) is 0.832. The molecule has 18 heavy (non-hydrogen) atoms. The van der Waals surface area contributed by atoms with Crippen LogP contribution in [0.25, 0.3) is 0 Å². The first-order valence-corrected chi connectivity index (χ1v) is 7.50. The van der Waals surface area contributed by atoms with Gasteiger partial charge in [0.2, 0.25) is 0 Å². The lowest BCUT2D eigenvalue weighted by Crippen LogP contribution is -2.20. The molecule has 3 nitrogen and oxygen atoms in total. The van der Waals surface area contributed by atoms with Crippen molar-refractivity contribution in [1.29, 1.82) is 0 Å². The molecule has 0 saturated heterocycles. The molecule has 0 fully saturated rings. The topological polar surface area (TPSA) is 51.8 Å². The fourth-order valence-electron chi connectivity index (χ4n) is 1.62. The van der Waals surface area contributed by atoms with Crippen molar-refractivity contribution >= 4 is 23.3 Å². The van der Waals surface area contributed by atoms with E-state index < -0.39 is 0 Å². The third-order valence-electron chi connectivity index (χ3n) is 2.76. The number of rotatable bonds is 4. The molecule has 96 valence electrons. The SMILES string of the molecule is Cc1ccc(C(N)C(C)Sc2nc(C)ns2)cc1. The van der Waals surface area contributed by atoms with Crippen molar-refractivity contribution in [2.24, 2.45) is 5.73 Å². The van der Waals surface area contributed by atoms with Crippen LogP contribution in [0.1, 0.15) is 29.9 Å². The molecule has 2 N–H and O–H groups in total. The lowest BCUT2D eigenvalue weighted by molar-refractivity contribution is 0.714. The van der Waals surface area contributed by atoms with Crippen LogP contribution in [-0.4, -0.2) is 14.6 Å². The predicted molar refractivity (Wildman–Crippen MR) is 78.1 cm³/mol. The van der Waals surface area contributed by atoms with Crippen LogP contribution in [-0.2, 0) is 0 Å². The summed E-state index contributed by atoms with van der Waals surface area (Å²) in [5.41, 5.74) is 8.70. The van der Waals surface area contributed by atoms with E-state index in [1.807, 2.05) is 6.92 Å². The molecule has 0 amide bonds. The van der Waals surface area contributed by atoms with Gasteiger partial charge < -0.3 is 5.73 Å². The summed E-state index contributed by atoms with van der Waals surface area (Å²) in [6.07, 6.45) is 0. The Morgan fingerprint density at radius 3 is 2.44 bits per heavy atom. The third kappa shape index (κ3) is 3.31. The van der Waals surface area contributed by atoms with Gasteiger partial charge in [-0.1, -0.05) is 48.5 Å². The maximum absolute atomic E-state index is 6.28. The molecule has 2 unspecified atom stereocenters. The van der Waals surface area contributed by atoms with Crippen molar-refractivity contribution in [2.75, 3.05) is 0 Å². The van der Waals surface area contributed by atoms with Crippen LogP contribution >= 0.6 is 23.3 Å². The highest BCUT2D eigenvalue weighted by Gasteiger charge is 2.17. The quantitative estimate of drug-likeness (QED) is 0.872. The van der Waals surface area contributed by atoms with Crippen molar-refractivity contribution in [3.63, 3.8) is 0 Å². The van der Waals surface area contributed by atoms with Crippen molar-refractivity contribution < 1.29 is 0 Å². The Bertz CT molecular complexity index is 507. The lowest BCUT2D eigenvalue weighted by Gasteiger charge is -2.18. The van der Waals surface area contributed by atoms with Crippen LogP contribution in [0.5, 0.6) is 0 Å². The number of nitrogens with zero attached hydrogens (tertiary/aromatic N) is 2. The first-order chi connectivity index (χ1) is 8.56. The number of hydrogen-bond acceptors (Lipinski definition) is 5. The van der Waals surface area contributed by atoms with Gasteiger partial charge in [-0.15, -0.1) is 0 Å². The highest BCUT2D eigenvalue weighted by molar-refractivity contribution is 8.01. The van der Waals surface area contributed by atoms with E-state index in [1.54, 1.807) is 11.8 Å². The number of benzene rings is 1. The van der Waals surface area contributed by atoms with Gasteiger partial charge >= 0.3 is 0 Å². The van der Waals surface area contributed by atoms with Gasteiger partial charge in [-0.3, -0.25) is 0 Å². The van der Waals surface area contributed by atoms with E-state index in [1.165, 1.54) is 22.7 Å². The molecule has 0 saturated carbocycles. The smallest absolute Gasteiger partial charge is 0.170 e. The number of nitrogens with two attached hydrogens (primary N) is 1. The van der Waals surface area contributed by atoms with Crippen LogP contribution < -0.4 is 5.73 Å². The Morgan fingerprint density at radius 2 is 1.89 bits per heavy atom. The van der Waals surface area contributed by atoms with Crippen molar-refractivity contribution in [2.45, 2.75) is 36.4 Å². The molecule has 5 heteroatoms. The Balaban J connectivity index is 2.04. The summed E-state index contributed by atoms with van der Waals surface area (Å²) in [6.45, 7) is 6.12. The molecule has 2 atom stereocenters. The number of hydrogen-bond donors (Lipinski definition) is 1. The van der Waals surface area contributed by atoms with Gasteiger partial charge in [0, 0.05) is 11.3 Å². The van der Waals surface area contributed by atoms with Crippen LogP contribution in [0.3, 0.4) is 0 Å². The Labute approximate surface area is 116 Å². The standard InChI is InChI=1S/C13H17N3S2/c1-8-4-6-11(7-5-8)12(14)9(2)17-13-15-10(3)16-18-13/h4-7,9,12H,14H2,1-3H3. The highest BCUT2D eigenvalue weighted by Crippen LogP contribution is 2.31. The maximum atomic E-state index is 6.28. The van der Waals surface area contributed by atoms with Crippen molar-refractivity contribution in [3.8, 4) is 0 Å². The third-order valence-corrected chi connectivity index (χ3v) is 4.84. The monoisotopic (exact) mass is 279 g/mol. The minimum atomic E-state index is 0.0137. The molecule has 2 aromatic rings. The van der Waals surface area contributed by atoms with Gasteiger partial charge in [-0.25, -0.2) is 4.98 Å². The molecular formula is C13H17N3S2. The zero-order chi connectivity index (χ0) is 13.1. The fraction of sp³-hybridized carbons (Fsp3) is 0.385. The van der Waals surface area contributed by atoms with Gasteiger partial charge in [0.15, 0.2) is 4.34 Å². The number of aromatic nitrogens is 2. The molecule has 0 aliphatic carbocycles. The van der Waals surface area contributed by atoms with Gasteiger partial charge in [0.25, 0.3) is 0 Å². The summed E-state index contributed by atoms with van der Waals surface area (Å²) in [7, 11) is 0. The Morgan fingerprint density at radius 1 is 1.22 bits per heavy atom. The van der Waals surface area contributed by atoms with E-state index in [2.05, 4.69) is 47.5 Å². The van der Waals surface area contributed by atoms with Crippen LogP contribution in [0.2, 0.25) is 0 Å². The average Bonchev–Trinajstić information content (AvgIpc) is 2.75. The summed E-state index contributed by atoms with van der Waals surface area (Å²) < 4.78 is 5.17. The normalized spacial score (nSPS) is 14.4. The fourth-order valence-corrected chi connectivity index (χ4v) is 3.59. The maximum Gasteiger partial charge on any atom is 0.170 e. The van der Waals surface area contributed by atoms with Gasteiger partial charge in [-0.05, 0) is 30.9 Å². The number of thioether (sulfide) groups is 1. The van der Waals surface area contributed by atoms with E-state index in [0.717, 1.165) is 10.2 Å². The average molecular weight is 279 g/mol. The largest absolute Gasteiger partial charge is 0.323 e. The van der Waals surface area contributed by atoms with Gasteiger partial charge in [0.1, 0.15) is 5.82 Å². The van der Waals surface area contributed by atoms with E-state index in [0.29, 0.717) is 0 Å². The molecule has 0 radical (unpaired) electrons. The molecule has 1 aromatic heterocycles. The summed E-state index contributed by atoms with van der Waals surface area (Å²) >= 11 is 3.13. The van der Waals surface area contributed by atoms with E-state index in [-0.39, 0.29) is 11.3 Å². The van der Waals surface area contributed by atoms with Crippen molar-refractivity contribution in [1.82, 2.24) is 9.36 Å².